The molecule has 4 heteroatoms. The van der Waals surface area contributed by atoms with Gasteiger partial charge in [-0.3, -0.25) is 5.26 Å². The second-order valence-corrected chi connectivity index (χ2v) is 5.32. The minimum Gasteiger partial charge on any atom is -0.389 e. The van der Waals surface area contributed by atoms with Crippen LogP contribution in [0.3, 0.4) is 0 Å². The smallest absolute Gasteiger partial charge is 0.113 e. The van der Waals surface area contributed by atoms with Crippen LogP contribution in [0, 0.1) is 0 Å². The summed E-state index contributed by atoms with van der Waals surface area (Å²) >= 11 is 0. The fraction of sp³-hybridized carbons (Fsp3) is 0.600. The minimum absolute atomic E-state index is 0.203. The molecule has 0 radical (unpaired) electrons. The van der Waals surface area contributed by atoms with Gasteiger partial charge in [0.1, 0.15) is 6.10 Å². The molecule has 3 N–H and O–H groups in total. The lowest BCUT2D eigenvalue weighted by Gasteiger charge is -2.21. The molecular formula is C15H26O4. The monoisotopic (exact) mass is 270 g/mol. The van der Waals surface area contributed by atoms with Crippen LogP contribution in [0.4, 0.5) is 0 Å². The van der Waals surface area contributed by atoms with Crippen molar-refractivity contribution in [1.29, 1.82) is 0 Å². The Morgan fingerprint density at radius 1 is 1.42 bits per heavy atom. The van der Waals surface area contributed by atoms with Gasteiger partial charge in [0.15, 0.2) is 0 Å². The lowest BCUT2D eigenvalue weighted by atomic mass is 9.96. The van der Waals surface area contributed by atoms with Crippen LogP contribution >= 0.6 is 0 Å². The largest absolute Gasteiger partial charge is 0.389 e. The Kier molecular flexibility index (Phi) is 7.87. The van der Waals surface area contributed by atoms with Gasteiger partial charge in [-0.05, 0) is 39.2 Å². The third-order valence-corrected chi connectivity index (χ3v) is 3.02. The zero-order chi connectivity index (χ0) is 15.1. The van der Waals surface area contributed by atoms with Gasteiger partial charge in [0.2, 0.25) is 0 Å². The van der Waals surface area contributed by atoms with Gasteiger partial charge < -0.3 is 10.2 Å². The van der Waals surface area contributed by atoms with E-state index in [9.17, 15) is 10.2 Å². The average molecular weight is 270 g/mol. The van der Waals surface area contributed by atoms with Crippen molar-refractivity contribution in [2.75, 3.05) is 0 Å². The molecule has 19 heavy (non-hydrogen) atoms. The lowest BCUT2D eigenvalue weighted by molar-refractivity contribution is -0.269. The SMILES string of the molecule is C=CC(C)(O)CC(O)C=C(C)CCC(OO)C(=C)C. The van der Waals surface area contributed by atoms with Crippen molar-refractivity contribution in [3.05, 3.63) is 36.5 Å². The predicted molar refractivity (Wildman–Crippen MR) is 76.8 cm³/mol. The molecule has 0 heterocycles. The lowest BCUT2D eigenvalue weighted by Crippen LogP contribution is -2.26. The highest BCUT2D eigenvalue weighted by Crippen LogP contribution is 2.18. The molecule has 0 spiro atoms. The van der Waals surface area contributed by atoms with E-state index in [1.165, 1.54) is 6.08 Å². The minimum atomic E-state index is -1.08. The summed E-state index contributed by atoms with van der Waals surface area (Å²) in [4.78, 5) is 4.32. The third-order valence-electron chi connectivity index (χ3n) is 3.02. The van der Waals surface area contributed by atoms with Crippen LogP contribution < -0.4 is 0 Å². The summed E-state index contributed by atoms with van der Waals surface area (Å²) < 4.78 is 0. The molecule has 0 aliphatic heterocycles. The number of aliphatic hydroxyl groups is 2. The summed E-state index contributed by atoms with van der Waals surface area (Å²) in [7, 11) is 0. The van der Waals surface area contributed by atoms with Crippen LogP contribution in [0.25, 0.3) is 0 Å². The summed E-state index contributed by atoms with van der Waals surface area (Å²) in [5.41, 5.74) is 0.645. The highest BCUT2D eigenvalue weighted by Gasteiger charge is 2.19. The van der Waals surface area contributed by atoms with Gasteiger partial charge in [-0.15, -0.1) is 6.58 Å². The molecule has 0 rings (SSSR count). The van der Waals surface area contributed by atoms with Crippen molar-refractivity contribution in [3.63, 3.8) is 0 Å². The van der Waals surface area contributed by atoms with Gasteiger partial charge in [-0.25, -0.2) is 4.89 Å². The number of hydrogen-bond donors (Lipinski definition) is 3. The Balaban J connectivity index is 4.33. The molecule has 0 bridgehead atoms. The standard InChI is InChI=1S/C15H26O4/c1-6-15(5,17)10-13(16)9-12(4)7-8-14(19-18)11(2)3/h6,9,13-14,16-18H,1-2,7-8,10H2,3-5H3. The number of hydrogen-bond acceptors (Lipinski definition) is 4. The van der Waals surface area contributed by atoms with Crippen LogP contribution in [0.5, 0.6) is 0 Å². The predicted octanol–water partition coefficient (Wildman–Crippen LogP) is 2.84. The maximum Gasteiger partial charge on any atom is 0.113 e. The Morgan fingerprint density at radius 3 is 2.42 bits per heavy atom. The Bertz CT molecular complexity index is 331. The first-order valence-corrected chi connectivity index (χ1v) is 6.38. The van der Waals surface area contributed by atoms with E-state index in [4.69, 9.17) is 5.26 Å². The van der Waals surface area contributed by atoms with E-state index in [0.29, 0.717) is 12.8 Å². The Labute approximate surface area is 115 Å². The molecule has 0 amide bonds. The first-order valence-electron chi connectivity index (χ1n) is 6.38. The van der Waals surface area contributed by atoms with Crippen molar-refractivity contribution in [3.8, 4) is 0 Å². The maximum absolute atomic E-state index is 9.84. The molecule has 110 valence electrons. The summed E-state index contributed by atoms with van der Waals surface area (Å²) in [6.07, 6.45) is 3.46. The first kappa shape index (κ1) is 18.1. The van der Waals surface area contributed by atoms with Crippen LogP contribution in [0.15, 0.2) is 36.5 Å². The molecule has 0 aliphatic carbocycles. The second kappa shape index (κ2) is 8.27. The van der Waals surface area contributed by atoms with Crippen LogP contribution in [-0.4, -0.2) is 33.3 Å². The molecule has 0 aromatic heterocycles. The Hall–Kier alpha value is -0.940. The summed E-state index contributed by atoms with van der Waals surface area (Å²) in [5.74, 6) is 0. The third kappa shape index (κ3) is 7.95. The fourth-order valence-corrected chi connectivity index (χ4v) is 1.73. The van der Waals surface area contributed by atoms with E-state index in [-0.39, 0.29) is 6.42 Å². The van der Waals surface area contributed by atoms with Gasteiger partial charge in [0.05, 0.1) is 11.7 Å². The summed E-state index contributed by atoms with van der Waals surface area (Å²) in [6.45, 7) is 12.5. The fourth-order valence-electron chi connectivity index (χ4n) is 1.73. The molecule has 0 fully saturated rings. The van der Waals surface area contributed by atoms with Crippen molar-refractivity contribution in [2.45, 2.75) is 57.8 Å². The highest BCUT2D eigenvalue weighted by atomic mass is 17.1. The summed E-state index contributed by atoms with van der Waals surface area (Å²) in [5, 5.41) is 28.3. The number of aliphatic hydroxyl groups excluding tert-OH is 1. The quantitative estimate of drug-likeness (QED) is 0.342. The average Bonchev–Trinajstić information content (AvgIpc) is 2.28. The van der Waals surface area contributed by atoms with Crippen LogP contribution in [0.2, 0.25) is 0 Å². The highest BCUT2D eigenvalue weighted by molar-refractivity contribution is 5.07. The van der Waals surface area contributed by atoms with Gasteiger partial charge in [-0.1, -0.05) is 24.3 Å². The van der Waals surface area contributed by atoms with Crippen LogP contribution in [0.1, 0.15) is 40.0 Å². The van der Waals surface area contributed by atoms with Gasteiger partial charge in [0, 0.05) is 6.42 Å². The van der Waals surface area contributed by atoms with E-state index in [2.05, 4.69) is 18.0 Å². The molecule has 0 aromatic carbocycles. The van der Waals surface area contributed by atoms with E-state index < -0.39 is 17.8 Å². The number of rotatable bonds is 9. The molecule has 0 aliphatic rings. The zero-order valence-electron chi connectivity index (χ0n) is 12.1. The van der Waals surface area contributed by atoms with Crippen molar-refractivity contribution in [1.82, 2.24) is 0 Å². The molecule has 3 unspecified atom stereocenters. The van der Waals surface area contributed by atoms with Crippen molar-refractivity contribution >= 4 is 0 Å². The van der Waals surface area contributed by atoms with Crippen LogP contribution in [-0.2, 0) is 4.89 Å². The normalized spacial score (nSPS) is 18.5. The van der Waals surface area contributed by atoms with Crippen molar-refractivity contribution < 1.29 is 20.4 Å². The molecule has 0 saturated heterocycles. The molecule has 3 atom stereocenters. The Morgan fingerprint density at radius 2 is 2.00 bits per heavy atom. The van der Waals surface area contributed by atoms with Crippen molar-refractivity contribution in [2.24, 2.45) is 0 Å². The van der Waals surface area contributed by atoms with E-state index in [1.807, 2.05) is 6.92 Å². The molecule has 0 aromatic rings. The molecule has 4 nitrogen and oxygen atoms in total. The van der Waals surface area contributed by atoms with Gasteiger partial charge in [0.25, 0.3) is 0 Å². The topological polar surface area (TPSA) is 69.9 Å². The first-order chi connectivity index (χ1) is 8.71. The second-order valence-electron chi connectivity index (χ2n) is 5.32. The van der Waals surface area contributed by atoms with E-state index >= 15 is 0 Å². The zero-order valence-corrected chi connectivity index (χ0v) is 12.1. The van der Waals surface area contributed by atoms with E-state index in [0.717, 1.165) is 11.1 Å². The molecular weight excluding hydrogens is 244 g/mol. The molecule has 0 saturated carbocycles. The number of allylic oxidation sites excluding steroid dienone is 1. The van der Waals surface area contributed by atoms with Gasteiger partial charge >= 0.3 is 0 Å². The van der Waals surface area contributed by atoms with Gasteiger partial charge in [-0.2, -0.15) is 0 Å². The summed E-state index contributed by atoms with van der Waals surface area (Å²) in [6, 6.07) is 0. The maximum atomic E-state index is 9.84. The van der Waals surface area contributed by atoms with E-state index in [1.54, 1.807) is 19.9 Å².